The van der Waals surface area contributed by atoms with Gasteiger partial charge in [0, 0.05) is 31.0 Å². The zero-order valence-corrected chi connectivity index (χ0v) is 17.6. The molecule has 0 fully saturated rings. The summed E-state index contributed by atoms with van der Waals surface area (Å²) in [6.45, 7) is 4.11. The van der Waals surface area contributed by atoms with Gasteiger partial charge in [-0.25, -0.2) is 0 Å². The average molecular weight is 396 g/mol. The van der Waals surface area contributed by atoms with Crippen LogP contribution in [0.5, 0.6) is 0 Å². The highest BCUT2D eigenvalue weighted by atomic mass is 16.2. The van der Waals surface area contributed by atoms with E-state index in [1.165, 1.54) is 4.90 Å². The van der Waals surface area contributed by atoms with Crippen molar-refractivity contribution in [3.63, 3.8) is 0 Å². The van der Waals surface area contributed by atoms with E-state index < -0.39 is 0 Å². The monoisotopic (exact) mass is 396 g/mol. The second-order valence-electron chi connectivity index (χ2n) is 7.29. The number of aryl methyl sites for hydroxylation is 1. The van der Waals surface area contributed by atoms with Crippen molar-refractivity contribution in [1.29, 1.82) is 0 Å². The van der Waals surface area contributed by atoms with E-state index in [4.69, 9.17) is 0 Å². The topological polar surface area (TPSA) is 81.8 Å². The fourth-order valence-corrected chi connectivity index (χ4v) is 2.78. The first-order valence-electron chi connectivity index (χ1n) is 9.33. The van der Waals surface area contributed by atoms with Crippen molar-refractivity contribution < 1.29 is 14.4 Å². The van der Waals surface area contributed by atoms with E-state index in [-0.39, 0.29) is 30.8 Å². The Labute approximate surface area is 171 Å². The molecule has 0 radical (unpaired) electrons. The molecule has 2 aromatic rings. The van der Waals surface area contributed by atoms with Crippen LogP contribution in [0.4, 0.5) is 11.4 Å². The number of nitrogens with one attached hydrogen (secondary N) is 2. The molecule has 0 aliphatic carbocycles. The number of likely N-dealkylation sites (N-methyl/N-ethyl adjacent to an activating group) is 1. The van der Waals surface area contributed by atoms with E-state index in [1.807, 2.05) is 32.0 Å². The van der Waals surface area contributed by atoms with Crippen LogP contribution in [0.3, 0.4) is 0 Å². The van der Waals surface area contributed by atoms with Crippen molar-refractivity contribution in [2.45, 2.75) is 13.8 Å². The molecule has 29 heavy (non-hydrogen) atoms. The molecule has 0 aliphatic heterocycles. The lowest BCUT2D eigenvalue weighted by molar-refractivity contribution is -0.119. The van der Waals surface area contributed by atoms with Crippen LogP contribution in [0, 0.1) is 13.8 Å². The first-order chi connectivity index (χ1) is 13.7. The van der Waals surface area contributed by atoms with E-state index in [9.17, 15) is 14.4 Å². The number of rotatable bonds is 7. The first-order valence-corrected chi connectivity index (χ1v) is 9.33. The van der Waals surface area contributed by atoms with Crippen LogP contribution in [0.15, 0.2) is 42.5 Å². The third kappa shape index (κ3) is 6.43. The molecule has 0 aliphatic rings. The third-order valence-electron chi connectivity index (χ3n) is 4.53. The average Bonchev–Trinajstić information content (AvgIpc) is 2.65. The van der Waals surface area contributed by atoms with E-state index in [2.05, 4.69) is 10.6 Å². The fraction of sp³-hybridized carbons (Fsp3) is 0.318. The minimum atomic E-state index is -0.237. The molecule has 0 saturated heterocycles. The molecule has 0 atom stereocenters. The third-order valence-corrected chi connectivity index (χ3v) is 4.53. The Kier molecular flexibility index (Phi) is 7.50. The largest absolute Gasteiger partial charge is 0.345 e. The highest BCUT2D eigenvalue weighted by molar-refractivity contribution is 5.96. The maximum Gasteiger partial charge on any atom is 0.253 e. The van der Waals surface area contributed by atoms with Gasteiger partial charge in [-0.15, -0.1) is 0 Å². The van der Waals surface area contributed by atoms with E-state index in [1.54, 1.807) is 50.3 Å². The molecule has 0 spiro atoms. The Hall–Kier alpha value is -3.19. The normalized spacial score (nSPS) is 10.6. The molecule has 2 N–H and O–H groups in total. The molecule has 0 heterocycles. The van der Waals surface area contributed by atoms with Crippen LogP contribution in [-0.4, -0.2) is 61.8 Å². The van der Waals surface area contributed by atoms with Gasteiger partial charge in [-0.3, -0.25) is 19.3 Å². The van der Waals surface area contributed by atoms with Crippen LogP contribution >= 0.6 is 0 Å². The summed E-state index contributed by atoms with van der Waals surface area (Å²) >= 11 is 0. The number of hydrogen-bond acceptors (Lipinski definition) is 4. The molecule has 2 aromatic carbocycles. The fourth-order valence-electron chi connectivity index (χ4n) is 2.78. The standard InChI is InChI=1S/C22H28N4O3/c1-15-7-6-8-19(16(15)2)24-21(28)14-26(5)13-20(27)23-18-11-9-17(10-12-18)22(29)25(3)4/h6-12H,13-14H2,1-5H3,(H,23,27)(H,24,28). The molecule has 7 nitrogen and oxygen atoms in total. The van der Waals surface area contributed by atoms with Gasteiger partial charge in [0.2, 0.25) is 11.8 Å². The predicted octanol–water partition coefficient (Wildman–Crippen LogP) is 2.51. The van der Waals surface area contributed by atoms with Gasteiger partial charge in [-0.05, 0) is 62.4 Å². The summed E-state index contributed by atoms with van der Waals surface area (Å²) in [5.41, 5.74) is 4.05. The molecule has 0 aromatic heterocycles. The Morgan fingerprint density at radius 2 is 1.41 bits per heavy atom. The van der Waals surface area contributed by atoms with Crippen molar-refractivity contribution in [3.8, 4) is 0 Å². The summed E-state index contributed by atoms with van der Waals surface area (Å²) in [6, 6.07) is 12.4. The highest BCUT2D eigenvalue weighted by Crippen LogP contribution is 2.17. The van der Waals surface area contributed by atoms with Crippen molar-refractivity contribution in [1.82, 2.24) is 9.80 Å². The minimum absolute atomic E-state index is 0.0681. The summed E-state index contributed by atoms with van der Waals surface area (Å²) in [6.07, 6.45) is 0. The second-order valence-corrected chi connectivity index (χ2v) is 7.29. The van der Waals surface area contributed by atoms with E-state index in [0.29, 0.717) is 11.3 Å². The first kappa shape index (κ1) is 22.1. The van der Waals surface area contributed by atoms with Gasteiger partial charge in [-0.1, -0.05) is 12.1 Å². The number of carbonyl (C=O) groups is 3. The van der Waals surface area contributed by atoms with Gasteiger partial charge in [0.25, 0.3) is 5.91 Å². The molecule has 0 bridgehead atoms. The molecule has 0 unspecified atom stereocenters. The number of anilines is 2. The summed E-state index contributed by atoms with van der Waals surface area (Å²) in [4.78, 5) is 39.5. The summed E-state index contributed by atoms with van der Waals surface area (Å²) < 4.78 is 0. The van der Waals surface area contributed by atoms with Gasteiger partial charge in [0.1, 0.15) is 0 Å². The Morgan fingerprint density at radius 1 is 0.828 bits per heavy atom. The number of amides is 3. The number of hydrogen-bond donors (Lipinski definition) is 2. The quantitative estimate of drug-likeness (QED) is 0.754. The van der Waals surface area contributed by atoms with Crippen molar-refractivity contribution in [3.05, 3.63) is 59.2 Å². The smallest absolute Gasteiger partial charge is 0.253 e. The zero-order valence-electron chi connectivity index (χ0n) is 17.6. The lowest BCUT2D eigenvalue weighted by atomic mass is 10.1. The highest BCUT2D eigenvalue weighted by Gasteiger charge is 2.13. The van der Waals surface area contributed by atoms with Crippen molar-refractivity contribution >= 4 is 29.1 Å². The van der Waals surface area contributed by atoms with Crippen LogP contribution < -0.4 is 10.6 Å². The van der Waals surface area contributed by atoms with Crippen molar-refractivity contribution in [2.75, 3.05) is 44.9 Å². The molecule has 0 saturated carbocycles. The summed E-state index contributed by atoms with van der Waals surface area (Å²) in [5.74, 6) is -0.517. The molecular weight excluding hydrogens is 368 g/mol. The van der Waals surface area contributed by atoms with Gasteiger partial charge in [0.15, 0.2) is 0 Å². The Morgan fingerprint density at radius 3 is 2.00 bits per heavy atom. The molecule has 7 heteroatoms. The van der Waals surface area contributed by atoms with Gasteiger partial charge >= 0.3 is 0 Å². The molecule has 2 rings (SSSR count). The summed E-state index contributed by atoms with van der Waals surface area (Å²) in [5, 5.41) is 5.65. The Bertz CT molecular complexity index is 891. The van der Waals surface area contributed by atoms with Crippen LogP contribution in [-0.2, 0) is 9.59 Å². The minimum Gasteiger partial charge on any atom is -0.345 e. The lowest BCUT2D eigenvalue weighted by Gasteiger charge is -2.17. The number of carbonyl (C=O) groups excluding carboxylic acids is 3. The maximum atomic E-state index is 12.3. The van der Waals surface area contributed by atoms with Gasteiger partial charge in [-0.2, -0.15) is 0 Å². The Balaban J connectivity index is 1.84. The van der Waals surface area contributed by atoms with Crippen LogP contribution in [0.2, 0.25) is 0 Å². The zero-order chi connectivity index (χ0) is 21.6. The van der Waals surface area contributed by atoms with Crippen LogP contribution in [0.25, 0.3) is 0 Å². The SMILES string of the molecule is Cc1cccc(NC(=O)CN(C)CC(=O)Nc2ccc(C(=O)N(C)C)cc2)c1C. The lowest BCUT2D eigenvalue weighted by Crippen LogP contribution is -2.36. The summed E-state index contributed by atoms with van der Waals surface area (Å²) in [7, 11) is 5.08. The van der Waals surface area contributed by atoms with E-state index >= 15 is 0 Å². The molecule has 154 valence electrons. The van der Waals surface area contributed by atoms with E-state index in [0.717, 1.165) is 16.8 Å². The maximum absolute atomic E-state index is 12.3. The number of nitrogens with zero attached hydrogens (tertiary/aromatic N) is 2. The molecule has 3 amide bonds. The number of benzene rings is 2. The van der Waals surface area contributed by atoms with Gasteiger partial charge < -0.3 is 15.5 Å². The van der Waals surface area contributed by atoms with Crippen molar-refractivity contribution in [2.24, 2.45) is 0 Å². The second kappa shape index (κ2) is 9.84. The molecular formula is C22H28N4O3. The predicted molar refractivity (Wildman–Crippen MR) is 115 cm³/mol. The van der Waals surface area contributed by atoms with Gasteiger partial charge in [0.05, 0.1) is 13.1 Å². The van der Waals surface area contributed by atoms with Crippen LogP contribution in [0.1, 0.15) is 21.5 Å².